The standard InChI is InChI=1S/C12H23NO3/c1-12(2,11(14)15-3)8-16-10-6-4-5-9(10)7-13/h9-10H,4-8,13H2,1-3H3. The van der Waals surface area contributed by atoms with Crippen molar-refractivity contribution in [1.29, 1.82) is 0 Å². The van der Waals surface area contributed by atoms with E-state index in [1.54, 1.807) is 0 Å². The summed E-state index contributed by atoms with van der Waals surface area (Å²) in [5, 5.41) is 0. The van der Waals surface area contributed by atoms with Gasteiger partial charge in [-0.2, -0.15) is 0 Å². The molecule has 0 radical (unpaired) electrons. The summed E-state index contributed by atoms with van der Waals surface area (Å²) in [7, 11) is 1.41. The van der Waals surface area contributed by atoms with Crippen LogP contribution in [0.1, 0.15) is 33.1 Å². The molecule has 4 nitrogen and oxygen atoms in total. The number of carbonyl (C=O) groups excluding carboxylic acids is 1. The van der Waals surface area contributed by atoms with E-state index in [-0.39, 0.29) is 12.1 Å². The van der Waals surface area contributed by atoms with Gasteiger partial charge < -0.3 is 15.2 Å². The van der Waals surface area contributed by atoms with Crippen molar-refractivity contribution in [3.8, 4) is 0 Å². The van der Waals surface area contributed by atoms with Crippen molar-refractivity contribution in [2.24, 2.45) is 17.1 Å². The average molecular weight is 229 g/mol. The highest BCUT2D eigenvalue weighted by atomic mass is 16.5. The molecule has 16 heavy (non-hydrogen) atoms. The van der Waals surface area contributed by atoms with Crippen molar-refractivity contribution in [2.45, 2.75) is 39.2 Å². The summed E-state index contributed by atoms with van der Waals surface area (Å²) in [6.07, 6.45) is 3.58. The molecule has 0 spiro atoms. The van der Waals surface area contributed by atoms with Crippen molar-refractivity contribution in [2.75, 3.05) is 20.3 Å². The van der Waals surface area contributed by atoms with Gasteiger partial charge in [0.15, 0.2) is 0 Å². The molecule has 1 rings (SSSR count). The lowest BCUT2D eigenvalue weighted by atomic mass is 9.95. The van der Waals surface area contributed by atoms with E-state index in [0.29, 0.717) is 19.1 Å². The summed E-state index contributed by atoms with van der Waals surface area (Å²) in [5.41, 5.74) is 5.10. The third-order valence-electron chi connectivity index (χ3n) is 3.29. The van der Waals surface area contributed by atoms with Crippen LogP contribution in [0.5, 0.6) is 0 Å². The maximum absolute atomic E-state index is 11.5. The molecule has 2 unspecified atom stereocenters. The molecule has 0 heterocycles. The van der Waals surface area contributed by atoms with E-state index < -0.39 is 5.41 Å². The third kappa shape index (κ3) is 3.19. The number of hydrogen-bond acceptors (Lipinski definition) is 4. The molecule has 0 saturated heterocycles. The Morgan fingerprint density at radius 3 is 2.69 bits per heavy atom. The van der Waals surface area contributed by atoms with Crippen LogP contribution in [0.15, 0.2) is 0 Å². The van der Waals surface area contributed by atoms with Gasteiger partial charge in [0.2, 0.25) is 0 Å². The van der Waals surface area contributed by atoms with Crippen LogP contribution in [-0.4, -0.2) is 32.3 Å². The number of ether oxygens (including phenoxy) is 2. The molecule has 4 heteroatoms. The SMILES string of the molecule is COC(=O)C(C)(C)COC1CCCC1CN. The minimum atomic E-state index is -0.573. The van der Waals surface area contributed by atoms with Gasteiger partial charge in [-0.05, 0) is 39.2 Å². The van der Waals surface area contributed by atoms with E-state index in [4.69, 9.17) is 15.2 Å². The Balaban J connectivity index is 2.41. The first kappa shape index (κ1) is 13.5. The maximum Gasteiger partial charge on any atom is 0.313 e. The molecule has 1 fully saturated rings. The summed E-state index contributed by atoms with van der Waals surface area (Å²) < 4.78 is 10.6. The van der Waals surface area contributed by atoms with E-state index >= 15 is 0 Å². The van der Waals surface area contributed by atoms with E-state index in [9.17, 15) is 4.79 Å². The number of carbonyl (C=O) groups is 1. The van der Waals surface area contributed by atoms with Crippen LogP contribution in [0.4, 0.5) is 0 Å². The van der Waals surface area contributed by atoms with E-state index in [1.807, 2.05) is 13.8 Å². The van der Waals surface area contributed by atoms with E-state index in [0.717, 1.165) is 12.8 Å². The monoisotopic (exact) mass is 229 g/mol. The summed E-state index contributed by atoms with van der Waals surface area (Å²) in [4.78, 5) is 11.5. The molecule has 0 amide bonds. The number of hydrogen-bond donors (Lipinski definition) is 1. The van der Waals surface area contributed by atoms with Crippen LogP contribution >= 0.6 is 0 Å². The van der Waals surface area contributed by atoms with Gasteiger partial charge in [0.1, 0.15) is 0 Å². The molecule has 1 aliphatic rings. The highest BCUT2D eigenvalue weighted by molar-refractivity contribution is 5.75. The van der Waals surface area contributed by atoms with Crippen molar-refractivity contribution in [1.82, 2.24) is 0 Å². The molecule has 0 aromatic carbocycles. The van der Waals surface area contributed by atoms with Crippen molar-refractivity contribution >= 4 is 5.97 Å². The largest absolute Gasteiger partial charge is 0.469 e. The molecule has 0 bridgehead atoms. The third-order valence-corrected chi connectivity index (χ3v) is 3.29. The highest BCUT2D eigenvalue weighted by Gasteiger charge is 2.33. The van der Waals surface area contributed by atoms with Gasteiger partial charge in [-0.3, -0.25) is 4.79 Å². The normalized spacial score (nSPS) is 25.8. The molecular formula is C12H23NO3. The van der Waals surface area contributed by atoms with E-state index in [1.165, 1.54) is 13.5 Å². The zero-order valence-corrected chi connectivity index (χ0v) is 10.5. The topological polar surface area (TPSA) is 61.5 Å². The van der Waals surface area contributed by atoms with Crippen LogP contribution in [0.3, 0.4) is 0 Å². The molecular weight excluding hydrogens is 206 g/mol. The second kappa shape index (κ2) is 5.64. The van der Waals surface area contributed by atoms with Gasteiger partial charge in [-0.15, -0.1) is 0 Å². The average Bonchev–Trinajstić information content (AvgIpc) is 2.72. The van der Waals surface area contributed by atoms with Crippen molar-refractivity contribution in [3.63, 3.8) is 0 Å². The summed E-state index contributed by atoms with van der Waals surface area (Å²) in [6, 6.07) is 0. The first-order valence-corrected chi connectivity index (χ1v) is 5.91. The van der Waals surface area contributed by atoms with Crippen LogP contribution < -0.4 is 5.73 Å². The lowest BCUT2D eigenvalue weighted by molar-refractivity contribution is -0.156. The zero-order valence-electron chi connectivity index (χ0n) is 10.5. The Morgan fingerprint density at radius 1 is 1.44 bits per heavy atom. The second-order valence-corrected chi connectivity index (χ2v) is 5.15. The second-order valence-electron chi connectivity index (χ2n) is 5.15. The molecule has 94 valence electrons. The first-order chi connectivity index (χ1) is 7.51. The van der Waals surface area contributed by atoms with Crippen LogP contribution in [0, 0.1) is 11.3 Å². The summed E-state index contributed by atoms with van der Waals surface area (Å²) >= 11 is 0. The van der Waals surface area contributed by atoms with Crippen molar-refractivity contribution in [3.05, 3.63) is 0 Å². The lowest BCUT2D eigenvalue weighted by Gasteiger charge is -2.26. The van der Waals surface area contributed by atoms with Gasteiger partial charge in [0.25, 0.3) is 0 Å². The predicted octanol–water partition coefficient (Wildman–Crippen LogP) is 1.33. The van der Waals surface area contributed by atoms with Crippen LogP contribution in [-0.2, 0) is 14.3 Å². The molecule has 1 saturated carbocycles. The Kier molecular flexibility index (Phi) is 4.74. The minimum Gasteiger partial charge on any atom is -0.469 e. The quantitative estimate of drug-likeness (QED) is 0.722. The van der Waals surface area contributed by atoms with Gasteiger partial charge in [0, 0.05) is 0 Å². The number of rotatable bonds is 5. The fourth-order valence-electron chi connectivity index (χ4n) is 2.14. The fraction of sp³-hybridized carbons (Fsp3) is 0.917. The smallest absolute Gasteiger partial charge is 0.313 e. The number of nitrogens with two attached hydrogens (primary N) is 1. The molecule has 2 N–H and O–H groups in total. The Bertz CT molecular complexity index is 240. The molecule has 0 aliphatic heterocycles. The lowest BCUT2D eigenvalue weighted by Crippen LogP contribution is -2.35. The Labute approximate surface area is 97.5 Å². The fourth-order valence-corrected chi connectivity index (χ4v) is 2.14. The van der Waals surface area contributed by atoms with Gasteiger partial charge >= 0.3 is 5.97 Å². The summed E-state index contributed by atoms with van der Waals surface area (Å²) in [5.74, 6) is 0.225. The van der Waals surface area contributed by atoms with Crippen LogP contribution in [0.2, 0.25) is 0 Å². The van der Waals surface area contributed by atoms with E-state index in [2.05, 4.69) is 0 Å². The molecule has 2 atom stereocenters. The van der Waals surface area contributed by atoms with Gasteiger partial charge in [0.05, 0.1) is 25.2 Å². The highest BCUT2D eigenvalue weighted by Crippen LogP contribution is 2.29. The number of esters is 1. The zero-order chi connectivity index (χ0) is 12.2. The van der Waals surface area contributed by atoms with Gasteiger partial charge in [-0.25, -0.2) is 0 Å². The molecule has 0 aromatic rings. The Hall–Kier alpha value is -0.610. The predicted molar refractivity (Wildman–Crippen MR) is 61.9 cm³/mol. The summed E-state index contributed by atoms with van der Waals surface area (Å²) in [6.45, 7) is 4.75. The maximum atomic E-state index is 11.5. The van der Waals surface area contributed by atoms with Gasteiger partial charge in [-0.1, -0.05) is 6.42 Å². The molecule has 1 aliphatic carbocycles. The minimum absolute atomic E-state index is 0.217. The number of methoxy groups -OCH3 is 1. The van der Waals surface area contributed by atoms with Crippen molar-refractivity contribution < 1.29 is 14.3 Å². The van der Waals surface area contributed by atoms with Crippen LogP contribution in [0.25, 0.3) is 0 Å². The molecule has 0 aromatic heterocycles. The Morgan fingerprint density at radius 2 is 2.12 bits per heavy atom. The first-order valence-electron chi connectivity index (χ1n) is 5.91.